The summed E-state index contributed by atoms with van der Waals surface area (Å²) < 4.78 is 34.4. The van der Waals surface area contributed by atoms with Crippen LogP contribution in [0.15, 0.2) is 53.4 Å². The molecule has 0 bridgehead atoms. The van der Waals surface area contributed by atoms with Gasteiger partial charge >= 0.3 is 0 Å². The number of sulfonamides is 1. The molecule has 6 nitrogen and oxygen atoms in total. The van der Waals surface area contributed by atoms with Crippen LogP contribution in [-0.2, 0) is 21.2 Å². The number of aryl methyl sites for hydroxylation is 1. The van der Waals surface area contributed by atoms with Gasteiger partial charge in [-0.2, -0.15) is 4.72 Å². The maximum atomic E-state index is 13.3. The predicted octanol–water partition coefficient (Wildman–Crippen LogP) is 3.15. The third-order valence-electron chi connectivity index (χ3n) is 5.58. The van der Waals surface area contributed by atoms with Gasteiger partial charge in [0.2, 0.25) is 15.9 Å². The van der Waals surface area contributed by atoms with Gasteiger partial charge in [0, 0.05) is 13.1 Å². The van der Waals surface area contributed by atoms with Crippen LogP contribution in [0.4, 0.5) is 0 Å². The minimum atomic E-state index is -3.96. The molecular weight excluding hydrogens is 400 g/mol. The highest BCUT2D eigenvalue weighted by atomic mass is 32.2. The van der Waals surface area contributed by atoms with Gasteiger partial charge in [-0.05, 0) is 55.4 Å². The maximum Gasteiger partial charge on any atom is 0.244 e. The fourth-order valence-corrected chi connectivity index (χ4v) is 5.17. The van der Waals surface area contributed by atoms with Crippen LogP contribution >= 0.6 is 0 Å². The van der Waals surface area contributed by atoms with Crippen LogP contribution in [0.1, 0.15) is 30.9 Å². The van der Waals surface area contributed by atoms with Crippen molar-refractivity contribution in [3.63, 3.8) is 0 Å². The number of carbonyl (C=O) groups is 1. The molecule has 1 N–H and O–H groups in total. The number of likely N-dealkylation sites (tertiary alicyclic amines) is 1. The SMILES string of the molecule is COc1ccc(C)cc1S(=O)(=O)N[C@@H](Cc1ccccc1)C(=O)N1CCC(C)CC1. The van der Waals surface area contributed by atoms with Crippen LogP contribution in [0, 0.1) is 12.8 Å². The number of hydrogen-bond acceptors (Lipinski definition) is 4. The highest BCUT2D eigenvalue weighted by Crippen LogP contribution is 2.25. The Morgan fingerprint density at radius 2 is 1.83 bits per heavy atom. The molecular formula is C23H30N2O4S. The zero-order valence-electron chi connectivity index (χ0n) is 17.8. The highest BCUT2D eigenvalue weighted by molar-refractivity contribution is 7.89. The number of hydrogen-bond donors (Lipinski definition) is 1. The molecule has 1 aliphatic rings. The molecule has 1 fully saturated rings. The largest absolute Gasteiger partial charge is 0.495 e. The number of amides is 1. The Kier molecular flexibility index (Phi) is 7.15. The summed E-state index contributed by atoms with van der Waals surface area (Å²) in [5.74, 6) is 0.654. The lowest BCUT2D eigenvalue weighted by Crippen LogP contribution is -2.51. The molecule has 0 radical (unpaired) electrons. The molecule has 7 heteroatoms. The van der Waals surface area contributed by atoms with E-state index in [-0.39, 0.29) is 16.6 Å². The molecule has 30 heavy (non-hydrogen) atoms. The van der Waals surface area contributed by atoms with Crippen LogP contribution < -0.4 is 9.46 Å². The summed E-state index contributed by atoms with van der Waals surface area (Å²) in [6, 6.07) is 13.6. The first-order valence-corrected chi connectivity index (χ1v) is 11.8. The molecule has 2 aromatic rings. The van der Waals surface area contributed by atoms with Crippen molar-refractivity contribution in [1.29, 1.82) is 0 Å². The van der Waals surface area contributed by atoms with Gasteiger partial charge in [-0.15, -0.1) is 0 Å². The minimum Gasteiger partial charge on any atom is -0.495 e. The van der Waals surface area contributed by atoms with E-state index in [1.54, 1.807) is 23.1 Å². The van der Waals surface area contributed by atoms with Crippen LogP contribution in [0.2, 0.25) is 0 Å². The summed E-state index contributed by atoms with van der Waals surface area (Å²) in [4.78, 5) is 15.1. The summed E-state index contributed by atoms with van der Waals surface area (Å²) in [5.41, 5.74) is 1.70. The molecule has 0 unspecified atom stereocenters. The zero-order valence-corrected chi connectivity index (χ0v) is 18.6. The van der Waals surface area contributed by atoms with Crippen LogP contribution in [0.3, 0.4) is 0 Å². The summed E-state index contributed by atoms with van der Waals surface area (Å²) in [6.07, 6.45) is 2.16. The van der Waals surface area contributed by atoms with Crippen molar-refractivity contribution in [2.75, 3.05) is 20.2 Å². The molecule has 3 rings (SSSR count). The van der Waals surface area contributed by atoms with Gasteiger partial charge < -0.3 is 9.64 Å². The number of ether oxygens (including phenoxy) is 1. The van der Waals surface area contributed by atoms with E-state index < -0.39 is 16.1 Å². The lowest BCUT2D eigenvalue weighted by Gasteiger charge is -2.33. The predicted molar refractivity (Wildman–Crippen MR) is 117 cm³/mol. The number of piperidine rings is 1. The highest BCUT2D eigenvalue weighted by Gasteiger charge is 2.32. The Labute approximate surface area is 179 Å². The summed E-state index contributed by atoms with van der Waals surface area (Å²) in [6.45, 7) is 5.30. The van der Waals surface area contributed by atoms with Crippen LogP contribution in [0.25, 0.3) is 0 Å². The molecule has 0 spiro atoms. The van der Waals surface area contributed by atoms with Crippen LogP contribution in [-0.4, -0.2) is 45.5 Å². The van der Waals surface area contributed by atoms with E-state index >= 15 is 0 Å². The fraction of sp³-hybridized carbons (Fsp3) is 0.435. The van der Waals surface area contributed by atoms with Gasteiger partial charge in [0.25, 0.3) is 0 Å². The van der Waals surface area contributed by atoms with Gasteiger partial charge in [0.15, 0.2) is 0 Å². The lowest BCUT2D eigenvalue weighted by molar-refractivity contribution is -0.134. The lowest BCUT2D eigenvalue weighted by atomic mass is 9.98. The van der Waals surface area contributed by atoms with E-state index in [0.29, 0.717) is 25.4 Å². The molecule has 0 saturated carbocycles. The second kappa shape index (κ2) is 9.62. The van der Waals surface area contributed by atoms with Crippen molar-refractivity contribution < 1.29 is 17.9 Å². The van der Waals surface area contributed by atoms with E-state index in [2.05, 4.69) is 11.6 Å². The fourth-order valence-electron chi connectivity index (χ4n) is 3.72. The zero-order chi connectivity index (χ0) is 21.7. The first kappa shape index (κ1) is 22.3. The number of methoxy groups -OCH3 is 1. The Hall–Kier alpha value is -2.38. The number of rotatable bonds is 7. The van der Waals surface area contributed by atoms with E-state index in [1.165, 1.54) is 7.11 Å². The topological polar surface area (TPSA) is 75.7 Å². The molecule has 1 atom stereocenters. The van der Waals surface area contributed by atoms with Gasteiger partial charge in [-0.25, -0.2) is 8.42 Å². The minimum absolute atomic E-state index is 0.0446. The van der Waals surface area contributed by atoms with Gasteiger partial charge in [0.05, 0.1) is 7.11 Å². The monoisotopic (exact) mass is 430 g/mol. The summed E-state index contributed by atoms with van der Waals surface area (Å²) >= 11 is 0. The van der Waals surface area contributed by atoms with Crippen molar-refractivity contribution in [3.8, 4) is 5.75 Å². The van der Waals surface area contributed by atoms with E-state index in [1.807, 2.05) is 37.3 Å². The molecule has 0 aromatic heterocycles. The van der Waals surface area contributed by atoms with Gasteiger partial charge in [-0.1, -0.05) is 43.3 Å². The molecule has 1 aliphatic heterocycles. The van der Waals surface area contributed by atoms with Crippen molar-refractivity contribution in [2.24, 2.45) is 5.92 Å². The van der Waals surface area contributed by atoms with E-state index in [4.69, 9.17) is 4.74 Å². The third kappa shape index (κ3) is 5.40. The van der Waals surface area contributed by atoms with Crippen molar-refractivity contribution >= 4 is 15.9 Å². The number of benzene rings is 2. The van der Waals surface area contributed by atoms with E-state index in [9.17, 15) is 13.2 Å². The van der Waals surface area contributed by atoms with Crippen molar-refractivity contribution in [3.05, 3.63) is 59.7 Å². The van der Waals surface area contributed by atoms with Crippen LogP contribution in [0.5, 0.6) is 5.75 Å². The number of nitrogens with one attached hydrogen (secondary N) is 1. The van der Waals surface area contributed by atoms with Crippen molar-refractivity contribution in [2.45, 2.75) is 44.0 Å². The smallest absolute Gasteiger partial charge is 0.244 e. The molecule has 1 heterocycles. The molecule has 162 valence electrons. The second-order valence-electron chi connectivity index (χ2n) is 8.03. The first-order chi connectivity index (χ1) is 14.3. The molecule has 1 saturated heterocycles. The quantitative estimate of drug-likeness (QED) is 0.732. The summed E-state index contributed by atoms with van der Waals surface area (Å²) in [7, 11) is -2.53. The van der Waals surface area contributed by atoms with Gasteiger partial charge in [0.1, 0.15) is 16.7 Å². The second-order valence-corrected chi connectivity index (χ2v) is 9.71. The number of carbonyl (C=O) groups excluding carboxylic acids is 1. The maximum absolute atomic E-state index is 13.3. The Balaban J connectivity index is 1.90. The summed E-state index contributed by atoms with van der Waals surface area (Å²) in [5, 5.41) is 0. The molecule has 0 aliphatic carbocycles. The average molecular weight is 431 g/mol. The Morgan fingerprint density at radius 3 is 2.47 bits per heavy atom. The Bertz CT molecular complexity index is 968. The van der Waals surface area contributed by atoms with E-state index in [0.717, 1.165) is 24.0 Å². The average Bonchev–Trinajstić information content (AvgIpc) is 2.74. The Morgan fingerprint density at radius 1 is 1.17 bits per heavy atom. The standard InChI is InChI=1S/C23H30N2O4S/c1-17-11-13-25(14-12-17)23(26)20(16-19-7-5-4-6-8-19)24-30(27,28)22-15-18(2)9-10-21(22)29-3/h4-10,15,17,20,24H,11-14,16H2,1-3H3/t20-/m0/s1. The third-order valence-corrected chi connectivity index (χ3v) is 7.07. The molecule has 1 amide bonds. The van der Waals surface area contributed by atoms with Crippen molar-refractivity contribution in [1.82, 2.24) is 9.62 Å². The normalized spacial score (nSPS) is 16.3. The number of nitrogens with zero attached hydrogens (tertiary/aromatic N) is 1. The first-order valence-electron chi connectivity index (χ1n) is 10.3. The van der Waals surface area contributed by atoms with Gasteiger partial charge in [-0.3, -0.25) is 4.79 Å². The molecule has 2 aromatic carbocycles.